The Labute approximate surface area is 197 Å². The molecule has 0 fully saturated rings. The fourth-order valence-electron chi connectivity index (χ4n) is 2.98. The van der Waals surface area contributed by atoms with E-state index in [1.54, 1.807) is 30.5 Å². The number of sulfone groups is 1. The van der Waals surface area contributed by atoms with Crippen LogP contribution in [-0.4, -0.2) is 44.7 Å². The van der Waals surface area contributed by atoms with Crippen LogP contribution in [0.15, 0.2) is 58.4 Å². The number of hydrogen-bond donors (Lipinski definition) is 0. The number of anilines is 1. The summed E-state index contributed by atoms with van der Waals surface area (Å²) in [5, 5.41) is 4.85. The third kappa shape index (κ3) is 5.62. The molecule has 2 aromatic carbocycles. The molecule has 0 radical (unpaired) electrons. The standard InChI is InChI=1S/C22H23Cl2N3O4S/c1-15-5-6-16(13-19(15)23)27-22(28)21(24)20(14-25-27)26(2)11-4-12-31-17-7-9-18(10-8-17)32(3,29)30/h5-10,13-14H,4,11-12H2,1-3H3. The van der Waals surface area contributed by atoms with Crippen molar-refractivity contribution in [3.8, 4) is 11.4 Å². The van der Waals surface area contributed by atoms with Crippen molar-refractivity contribution < 1.29 is 13.2 Å². The van der Waals surface area contributed by atoms with Crippen molar-refractivity contribution in [1.29, 1.82) is 0 Å². The molecule has 1 heterocycles. The minimum atomic E-state index is -3.23. The van der Waals surface area contributed by atoms with Gasteiger partial charge in [-0.1, -0.05) is 29.3 Å². The number of ether oxygens (including phenoxy) is 1. The zero-order chi connectivity index (χ0) is 23.5. The Bertz CT molecular complexity index is 1280. The van der Waals surface area contributed by atoms with Gasteiger partial charge in [0, 0.05) is 24.9 Å². The van der Waals surface area contributed by atoms with Gasteiger partial charge in [-0.25, -0.2) is 8.42 Å². The summed E-state index contributed by atoms with van der Waals surface area (Å²) in [4.78, 5) is 14.8. The number of benzene rings is 2. The van der Waals surface area contributed by atoms with Gasteiger partial charge in [0.15, 0.2) is 9.84 Å². The first-order valence-corrected chi connectivity index (χ1v) is 12.4. The van der Waals surface area contributed by atoms with E-state index in [0.29, 0.717) is 41.7 Å². The number of halogens is 2. The maximum atomic E-state index is 12.7. The molecule has 3 rings (SSSR count). The Morgan fingerprint density at radius 1 is 1.12 bits per heavy atom. The van der Waals surface area contributed by atoms with Gasteiger partial charge in [0.05, 0.1) is 29.1 Å². The lowest BCUT2D eigenvalue weighted by molar-refractivity contribution is 0.312. The average molecular weight is 496 g/mol. The predicted molar refractivity (Wildman–Crippen MR) is 128 cm³/mol. The lowest BCUT2D eigenvalue weighted by Gasteiger charge is -2.20. The Morgan fingerprint density at radius 2 is 1.81 bits per heavy atom. The topological polar surface area (TPSA) is 81.5 Å². The summed E-state index contributed by atoms with van der Waals surface area (Å²) in [5.74, 6) is 0.583. The maximum Gasteiger partial charge on any atom is 0.292 e. The van der Waals surface area contributed by atoms with E-state index in [1.165, 1.54) is 16.8 Å². The van der Waals surface area contributed by atoms with Crippen molar-refractivity contribution in [3.63, 3.8) is 0 Å². The molecule has 0 amide bonds. The minimum absolute atomic E-state index is 0.0662. The summed E-state index contributed by atoms with van der Waals surface area (Å²) in [6.45, 7) is 2.86. The van der Waals surface area contributed by atoms with Crippen LogP contribution in [-0.2, 0) is 9.84 Å². The molecule has 0 unspecified atom stereocenters. The monoisotopic (exact) mass is 495 g/mol. The van der Waals surface area contributed by atoms with E-state index in [1.807, 2.05) is 24.9 Å². The summed E-state index contributed by atoms with van der Waals surface area (Å²) in [6.07, 6.45) is 3.35. The zero-order valence-corrected chi connectivity index (χ0v) is 20.2. The van der Waals surface area contributed by atoms with E-state index in [4.69, 9.17) is 27.9 Å². The second kappa shape index (κ2) is 9.94. The van der Waals surface area contributed by atoms with Gasteiger partial charge in [-0.15, -0.1) is 0 Å². The molecule has 0 spiro atoms. The van der Waals surface area contributed by atoms with Gasteiger partial charge in [-0.2, -0.15) is 9.78 Å². The first-order valence-electron chi connectivity index (χ1n) is 9.76. The molecule has 170 valence electrons. The number of aryl methyl sites for hydroxylation is 1. The molecule has 1 aromatic heterocycles. The highest BCUT2D eigenvalue weighted by atomic mass is 35.5. The summed E-state index contributed by atoms with van der Waals surface area (Å²) in [5.41, 5.74) is 1.53. The van der Waals surface area contributed by atoms with Crippen LogP contribution in [0.5, 0.6) is 5.75 Å². The van der Waals surface area contributed by atoms with Crippen molar-refractivity contribution >= 4 is 38.7 Å². The van der Waals surface area contributed by atoms with Gasteiger partial charge in [0.1, 0.15) is 10.8 Å². The second-order valence-electron chi connectivity index (χ2n) is 7.36. The molecule has 0 bridgehead atoms. The Balaban J connectivity index is 1.61. The maximum absolute atomic E-state index is 12.7. The van der Waals surface area contributed by atoms with E-state index in [2.05, 4.69) is 5.10 Å². The van der Waals surface area contributed by atoms with E-state index in [0.717, 1.165) is 11.8 Å². The van der Waals surface area contributed by atoms with Crippen LogP contribution in [0.25, 0.3) is 5.69 Å². The highest BCUT2D eigenvalue weighted by Gasteiger charge is 2.14. The SMILES string of the molecule is Cc1ccc(-n2ncc(N(C)CCCOc3ccc(S(C)(=O)=O)cc3)c(Cl)c2=O)cc1Cl. The molecule has 0 aliphatic heterocycles. The summed E-state index contributed by atoms with van der Waals surface area (Å²) in [6, 6.07) is 11.5. The van der Waals surface area contributed by atoms with Crippen molar-refractivity contribution in [2.24, 2.45) is 0 Å². The van der Waals surface area contributed by atoms with Gasteiger partial charge in [-0.3, -0.25) is 4.79 Å². The van der Waals surface area contributed by atoms with Gasteiger partial charge >= 0.3 is 0 Å². The van der Waals surface area contributed by atoms with E-state index in [-0.39, 0.29) is 9.92 Å². The van der Waals surface area contributed by atoms with Crippen molar-refractivity contribution in [1.82, 2.24) is 9.78 Å². The molecule has 0 N–H and O–H groups in total. The lowest BCUT2D eigenvalue weighted by Crippen LogP contribution is -2.27. The molecule has 0 atom stereocenters. The van der Waals surface area contributed by atoms with Gasteiger partial charge in [0.2, 0.25) is 0 Å². The quantitative estimate of drug-likeness (QED) is 0.436. The number of hydrogen-bond acceptors (Lipinski definition) is 6. The highest BCUT2D eigenvalue weighted by molar-refractivity contribution is 7.90. The lowest BCUT2D eigenvalue weighted by atomic mass is 10.2. The van der Waals surface area contributed by atoms with Crippen LogP contribution in [0.4, 0.5) is 5.69 Å². The van der Waals surface area contributed by atoms with Crippen LogP contribution in [0.1, 0.15) is 12.0 Å². The average Bonchev–Trinajstić information content (AvgIpc) is 2.75. The van der Waals surface area contributed by atoms with Crippen molar-refractivity contribution in [2.45, 2.75) is 18.2 Å². The third-order valence-corrected chi connectivity index (χ3v) is 6.76. The molecule has 0 aliphatic carbocycles. The number of aromatic nitrogens is 2. The molecule has 32 heavy (non-hydrogen) atoms. The van der Waals surface area contributed by atoms with E-state index < -0.39 is 15.4 Å². The molecule has 3 aromatic rings. The van der Waals surface area contributed by atoms with Crippen LogP contribution in [0.2, 0.25) is 10.0 Å². The molecule has 0 saturated carbocycles. The largest absolute Gasteiger partial charge is 0.494 e. The van der Waals surface area contributed by atoms with Crippen LogP contribution < -0.4 is 15.2 Å². The number of nitrogens with zero attached hydrogens (tertiary/aromatic N) is 3. The molecule has 0 aliphatic rings. The summed E-state index contributed by atoms with van der Waals surface area (Å²) >= 11 is 12.5. The molecular formula is C22H23Cl2N3O4S. The van der Waals surface area contributed by atoms with E-state index in [9.17, 15) is 13.2 Å². The van der Waals surface area contributed by atoms with Gasteiger partial charge in [0.25, 0.3) is 5.56 Å². The fourth-order valence-corrected chi connectivity index (χ4v) is 4.06. The van der Waals surface area contributed by atoms with E-state index >= 15 is 0 Å². The molecule has 10 heteroatoms. The van der Waals surface area contributed by atoms with Gasteiger partial charge < -0.3 is 9.64 Å². The normalized spacial score (nSPS) is 11.4. The van der Waals surface area contributed by atoms with Crippen LogP contribution in [0, 0.1) is 6.92 Å². The first kappa shape index (κ1) is 24.1. The minimum Gasteiger partial charge on any atom is -0.494 e. The molecular weight excluding hydrogens is 473 g/mol. The zero-order valence-electron chi connectivity index (χ0n) is 17.9. The number of rotatable bonds is 8. The Hall–Kier alpha value is -2.55. The Morgan fingerprint density at radius 3 is 2.44 bits per heavy atom. The van der Waals surface area contributed by atoms with Crippen LogP contribution >= 0.6 is 23.2 Å². The van der Waals surface area contributed by atoms with Crippen molar-refractivity contribution in [3.05, 3.63) is 74.6 Å². The first-order chi connectivity index (χ1) is 15.1. The molecule has 0 saturated heterocycles. The van der Waals surface area contributed by atoms with Gasteiger partial charge in [-0.05, 0) is 55.3 Å². The fraction of sp³-hybridized carbons (Fsp3) is 0.273. The molecule has 7 nitrogen and oxygen atoms in total. The predicted octanol–water partition coefficient (Wildman–Crippen LogP) is 4.16. The summed E-state index contributed by atoms with van der Waals surface area (Å²) in [7, 11) is -1.42. The third-order valence-electron chi connectivity index (χ3n) is 4.87. The second-order valence-corrected chi connectivity index (χ2v) is 10.2. The summed E-state index contributed by atoms with van der Waals surface area (Å²) < 4.78 is 29.9. The van der Waals surface area contributed by atoms with Crippen LogP contribution in [0.3, 0.4) is 0 Å². The highest BCUT2D eigenvalue weighted by Crippen LogP contribution is 2.23. The Kier molecular flexibility index (Phi) is 7.48. The smallest absolute Gasteiger partial charge is 0.292 e. The van der Waals surface area contributed by atoms with Crippen molar-refractivity contribution in [2.75, 3.05) is 31.4 Å².